The number of imidazole rings is 1. The summed E-state index contributed by atoms with van der Waals surface area (Å²) in [6.45, 7) is 9.05. The van der Waals surface area contributed by atoms with Gasteiger partial charge in [-0.15, -0.1) is 0 Å². The average molecular weight is 221 g/mol. The smallest absolute Gasteiger partial charge is 0.224 e. The predicted octanol–water partition coefficient (Wildman–Crippen LogP) is 1.71. The van der Waals surface area contributed by atoms with E-state index in [-0.39, 0.29) is 22.7 Å². The number of carbonyl (C=O) groups excluding carboxylic acids is 1. The summed E-state index contributed by atoms with van der Waals surface area (Å²) in [5.41, 5.74) is 0.195. The number of hydrogen-bond donors (Lipinski definition) is 2. The summed E-state index contributed by atoms with van der Waals surface area (Å²) in [5, 5.41) is 2.93. The predicted molar refractivity (Wildman–Crippen MR) is 61.5 cm³/mol. The number of hydrogen-bond acceptors (Lipinski definition) is 2. The molecule has 4 heteroatoms. The van der Waals surface area contributed by atoms with Gasteiger partial charge in [-0.3, -0.25) is 4.79 Å². The van der Waals surface area contributed by atoms with Crippen molar-refractivity contribution in [1.29, 1.82) is 0 Å². The topological polar surface area (TPSA) is 57.8 Å². The summed E-state index contributed by atoms with van der Waals surface area (Å²) in [6.07, 6.45) is 3.44. The molecule has 0 aromatic carbocycles. The monoisotopic (exact) mass is 221 g/mol. The van der Waals surface area contributed by atoms with E-state index >= 15 is 0 Å². The maximum Gasteiger partial charge on any atom is 0.224 e. The van der Waals surface area contributed by atoms with Gasteiger partial charge in [0.15, 0.2) is 0 Å². The standard InChI is InChI=1S/C12H19N3O/c1-11(2)9(12(11,3)4)10(16)15-7-8-13-5-6-14-8/h5-6,9H,7H2,1-4H3,(H,13,14)(H,15,16). The zero-order chi connectivity index (χ0) is 12.0. The van der Waals surface area contributed by atoms with Crippen LogP contribution in [0.15, 0.2) is 12.4 Å². The zero-order valence-corrected chi connectivity index (χ0v) is 10.3. The Hall–Kier alpha value is -1.32. The van der Waals surface area contributed by atoms with E-state index in [4.69, 9.17) is 0 Å². The normalized spacial score (nSPS) is 21.8. The van der Waals surface area contributed by atoms with Gasteiger partial charge in [0.25, 0.3) is 0 Å². The Morgan fingerprint density at radius 2 is 2.06 bits per heavy atom. The number of amides is 1. The van der Waals surface area contributed by atoms with Crippen LogP contribution in [-0.2, 0) is 11.3 Å². The van der Waals surface area contributed by atoms with Gasteiger partial charge in [-0.05, 0) is 10.8 Å². The summed E-state index contributed by atoms with van der Waals surface area (Å²) in [7, 11) is 0. The lowest BCUT2D eigenvalue weighted by Gasteiger charge is -2.04. The molecule has 1 aliphatic carbocycles. The Morgan fingerprint density at radius 1 is 1.44 bits per heavy atom. The highest BCUT2D eigenvalue weighted by Crippen LogP contribution is 2.68. The number of aromatic nitrogens is 2. The van der Waals surface area contributed by atoms with Gasteiger partial charge in [-0.1, -0.05) is 27.7 Å². The van der Waals surface area contributed by atoms with Gasteiger partial charge in [-0.25, -0.2) is 4.98 Å². The summed E-state index contributed by atoms with van der Waals surface area (Å²) in [5.74, 6) is 1.03. The van der Waals surface area contributed by atoms with Crippen LogP contribution in [0.2, 0.25) is 0 Å². The van der Waals surface area contributed by atoms with Crippen LogP contribution in [-0.4, -0.2) is 15.9 Å². The molecule has 1 saturated carbocycles. The van der Waals surface area contributed by atoms with Gasteiger partial charge >= 0.3 is 0 Å². The molecule has 1 heterocycles. The first-order chi connectivity index (χ1) is 7.37. The Kier molecular flexibility index (Phi) is 2.33. The molecule has 0 bridgehead atoms. The third kappa shape index (κ3) is 1.52. The fourth-order valence-electron chi connectivity index (χ4n) is 2.52. The molecular weight excluding hydrogens is 202 g/mol. The summed E-state index contributed by atoms with van der Waals surface area (Å²) < 4.78 is 0. The Labute approximate surface area is 95.9 Å². The van der Waals surface area contributed by atoms with Gasteiger partial charge in [0, 0.05) is 18.3 Å². The highest BCUT2D eigenvalue weighted by Gasteiger charge is 2.68. The number of aromatic amines is 1. The number of nitrogens with zero attached hydrogens (tertiary/aromatic N) is 1. The third-order valence-corrected chi connectivity index (χ3v) is 4.27. The number of carbonyl (C=O) groups is 1. The van der Waals surface area contributed by atoms with E-state index in [1.807, 2.05) is 0 Å². The van der Waals surface area contributed by atoms with Crippen LogP contribution in [0.25, 0.3) is 0 Å². The maximum absolute atomic E-state index is 12.0. The second kappa shape index (κ2) is 3.34. The molecule has 4 nitrogen and oxygen atoms in total. The van der Waals surface area contributed by atoms with Crippen molar-refractivity contribution in [1.82, 2.24) is 15.3 Å². The Balaban J connectivity index is 1.91. The van der Waals surface area contributed by atoms with Crippen LogP contribution in [0.5, 0.6) is 0 Å². The molecule has 0 aliphatic heterocycles. The van der Waals surface area contributed by atoms with Crippen LogP contribution in [0.1, 0.15) is 33.5 Å². The molecule has 0 saturated heterocycles. The minimum absolute atomic E-state index is 0.0975. The molecule has 0 atom stereocenters. The molecule has 0 unspecified atom stereocenters. The largest absolute Gasteiger partial charge is 0.349 e. The fraction of sp³-hybridized carbons (Fsp3) is 0.667. The van der Waals surface area contributed by atoms with Crippen molar-refractivity contribution in [3.63, 3.8) is 0 Å². The lowest BCUT2D eigenvalue weighted by molar-refractivity contribution is -0.123. The number of nitrogens with one attached hydrogen (secondary N) is 2. The fourth-order valence-corrected chi connectivity index (χ4v) is 2.52. The van der Waals surface area contributed by atoms with E-state index in [0.717, 1.165) is 5.82 Å². The molecule has 1 aromatic rings. The van der Waals surface area contributed by atoms with Crippen LogP contribution in [0.4, 0.5) is 0 Å². The quantitative estimate of drug-likeness (QED) is 0.816. The lowest BCUT2D eigenvalue weighted by atomic mass is 10.0. The maximum atomic E-state index is 12.0. The molecule has 16 heavy (non-hydrogen) atoms. The van der Waals surface area contributed by atoms with Crippen molar-refractivity contribution in [2.24, 2.45) is 16.7 Å². The van der Waals surface area contributed by atoms with E-state index in [0.29, 0.717) is 6.54 Å². The molecule has 2 N–H and O–H groups in total. The van der Waals surface area contributed by atoms with Gasteiger partial charge in [0.05, 0.1) is 6.54 Å². The van der Waals surface area contributed by atoms with Crippen LogP contribution >= 0.6 is 0 Å². The van der Waals surface area contributed by atoms with Gasteiger partial charge in [0.2, 0.25) is 5.91 Å². The molecule has 1 amide bonds. The number of H-pyrrole nitrogens is 1. The zero-order valence-electron chi connectivity index (χ0n) is 10.3. The average Bonchev–Trinajstić information content (AvgIpc) is 2.61. The van der Waals surface area contributed by atoms with Crippen molar-refractivity contribution in [3.05, 3.63) is 18.2 Å². The van der Waals surface area contributed by atoms with Crippen molar-refractivity contribution in [3.8, 4) is 0 Å². The van der Waals surface area contributed by atoms with Crippen molar-refractivity contribution in [2.45, 2.75) is 34.2 Å². The van der Waals surface area contributed by atoms with Crippen LogP contribution in [0.3, 0.4) is 0 Å². The molecule has 1 aromatic heterocycles. The van der Waals surface area contributed by atoms with Gasteiger partial charge in [-0.2, -0.15) is 0 Å². The van der Waals surface area contributed by atoms with Crippen LogP contribution in [0, 0.1) is 16.7 Å². The molecule has 1 aliphatic rings. The molecule has 0 spiro atoms. The van der Waals surface area contributed by atoms with Gasteiger partial charge < -0.3 is 10.3 Å². The summed E-state index contributed by atoms with van der Waals surface area (Å²) in [6, 6.07) is 0. The summed E-state index contributed by atoms with van der Waals surface area (Å²) >= 11 is 0. The highest BCUT2D eigenvalue weighted by atomic mass is 16.2. The van der Waals surface area contributed by atoms with E-state index in [1.165, 1.54) is 0 Å². The lowest BCUT2D eigenvalue weighted by Crippen LogP contribution is -2.27. The van der Waals surface area contributed by atoms with Crippen LogP contribution < -0.4 is 5.32 Å². The summed E-state index contributed by atoms with van der Waals surface area (Å²) in [4.78, 5) is 19.0. The molecule has 0 radical (unpaired) electrons. The van der Waals surface area contributed by atoms with Gasteiger partial charge in [0.1, 0.15) is 5.82 Å². The van der Waals surface area contributed by atoms with Crippen molar-refractivity contribution in [2.75, 3.05) is 0 Å². The molecule has 1 fully saturated rings. The molecular formula is C12H19N3O. The second-order valence-electron chi connectivity index (χ2n) is 5.63. The first kappa shape index (κ1) is 11.2. The van der Waals surface area contributed by atoms with E-state index in [2.05, 4.69) is 43.0 Å². The Morgan fingerprint density at radius 3 is 2.50 bits per heavy atom. The minimum Gasteiger partial charge on any atom is -0.349 e. The first-order valence-corrected chi connectivity index (χ1v) is 5.63. The van der Waals surface area contributed by atoms with Crippen molar-refractivity contribution < 1.29 is 4.79 Å². The highest BCUT2D eigenvalue weighted by molar-refractivity contribution is 5.84. The van der Waals surface area contributed by atoms with Crippen molar-refractivity contribution >= 4 is 5.91 Å². The van der Waals surface area contributed by atoms with E-state index in [1.54, 1.807) is 12.4 Å². The van der Waals surface area contributed by atoms with E-state index in [9.17, 15) is 4.79 Å². The second-order valence-corrected chi connectivity index (χ2v) is 5.63. The number of rotatable bonds is 3. The minimum atomic E-state index is 0.0975. The SMILES string of the molecule is CC1(C)C(C(=O)NCc2ncc[nH]2)C1(C)C. The third-order valence-electron chi connectivity index (χ3n) is 4.27. The first-order valence-electron chi connectivity index (χ1n) is 5.63. The molecule has 2 rings (SSSR count). The van der Waals surface area contributed by atoms with E-state index < -0.39 is 0 Å². The molecule has 88 valence electrons. The Bertz CT molecular complexity index is 378.